The van der Waals surface area contributed by atoms with Gasteiger partial charge in [-0.1, -0.05) is 50.2 Å². The molecule has 2 unspecified atom stereocenters. The molecule has 1 heterocycles. The molecule has 2 atom stereocenters. The number of hydrogen-bond acceptors (Lipinski definition) is 7. The molecule has 1 aromatic heterocycles. The molecule has 0 saturated carbocycles. The molecule has 0 fully saturated rings. The minimum atomic E-state index is -0.324. The van der Waals surface area contributed by atoms with E-state index >= 15 is 0 Å². The lowest BCUT2D eigenvalue weighted by atomic mass is 9.85. The fourth-order valence-electron chi connectivity index (χ4n) is 5.14. The van der Waals surface area contributed by atoms with Gasteiger partial charge in [-0.05, 0) is 104 Å². The minimum Gasteiger partial charge on any atom is -0.504 e. The van der Waals surface area contributed by atoms with Crippen LogP contribution in [0, 0.1) is 25.7 Å². The number of aryl methyl sites for hydroxylation is 2. The molecular formula is C37H41N3O6. The number of aromatic nitrogens is 1. The zero-order valence-electron chi connectivity index (χ0n) is 26.7. The van der Waals surface area contributed by atoms with Gasteiger partial charge in [-0.2, -0.15) is 0 Å². The molecule has 2 amide bonds. The molecular weight excluding hydrogens is 582 g/mol. The van der Waals surface area contributed by atoms with E-state index in [1.54, 1.807) is 19.2 Å². The summed E-state index contributed by atoms with van der Waals surface area (Å²) in [7, 11) is 1.58. The summed E-state index contributed by atoms with van der Waals surface area (Å²) in [5.41, 5.74) is 6.04. The second-order valence-electron chi connectivity index (χ2n) is 11.6. The molecule has 240 valence electrons. The molecule has 9 heteroatoms. The minimum absolute atomic E-state index is 0.0965. The van der Waals surface area contributed by atoms with Gasteiger partial charge in [0.15, 0.2) is 23.0 Å². The number of methoxy groups -OCH3 is 1. The molecule has 0 spiro atoms. The number of para-hydroxylation sites is 1. The number of nitrogens with one attached hydrogen (secondary N) is 2. The molecule has 5 rings (SSSR count). The molecule has 0 radical (unpaired) electrons. The molecule has 0 saturated heterocycles. The third-order valence-electron chi connectivity index (χ3n) is 7.86. The van der Waals surface area contributed by atoms with Crippen LogP contribution < -0.4 is 15.4 Å². The Labute approximate surface area is 269 Å². The van der Waals surface area contributed by atoms with Crippen LogP contribution in [0.5, 0.6) is 28.7 Å². The lowest BCUT2D eigenvalue weighted by Gasteiger charge is -2.20. The van der Waals surface area contributed by atoms with Gasteiger partial charge < -0.3 is 35.8 Å². The van der Waals surface area contributed by atoms with Gasteiger partial charge in [0.1, 0.15) is 5.75 Å². The summed E-state index contributed by atoms with van der Waals surface area (Å²) in [5, 5.41) is 44.4. The Morgan fingerprint density at radius 2 is 1.28 bits per heavy atom. The van der Waals surface area contributed by atoms with Crippen molar-refractivity contribution in [3.63, 3.8) is 0 Å². The Bertz CT molecular complexity index is 1770. The van der Waals surface area contributed by atoms with Crippen molar-refractivity contribution in [3.05, 3.63) is 107 Å². The van der Waals surface area contributed by atoms with Crippen LogP contribution >= 0.6 is 0 Å². The summed E-state index contributed by atoms with van der Waals surface area (Å²) in [6.45, 7) is 8.13. The number of fused-ring (bicyclic) bond motifs is 1. The van der Waals surface area contributed by atoms with E-state index in [2.05, 4.69) is 29.5 Å². The second-order valence-corrected chi connectivity index (χ2v) is 11.6. The molecule has 9 nitrogen and oxygen atoms in total. The number of nitrogens with zero attached hydrogens (tertiary/aromatic N) is 1. The highest BCUT2D eigenvalue weighted by Crippen LogP contribution is 2.31. The first-order valence-corrected chi connectivity index (χ1v) is 15.0. The first kappa shape index (κ1) is 33.5. The number of anilines is 2. The molecule has 46 heavy (non-hydrogen) atoms. The smallest absolute Gasteiger partial charge is 0.323 e. The van der Waals surface area contributed by atoms with E-state index in [0.29, 0.717) is 23.3 Å². The fourth-order valence-corrected chi connectivity index (χ4v) is 5.14. The van der Waals surface area contributed by atoms with Crippen molar-refractivity contribution in [1.82, 2.24) is 4.98 Å². The van der Waals surface area contributed by atoms with E-state index in [1.807, 2.05) is 74.5 Å². The molecule has 0 aliphatic carbocycles. The third kappa shape index (κ3) is 8.81. The van der Waals surface area contributed by atoms with E-state index in [0.717, 1.165) is 51.8 Å². The van der Waals surface area contributed by atoms with Crippen LogP contribution in [0.2, 0.25) is 0 Å². The number of pyridine rings is 1. The average molecular weight is 624 g/mol. The Kier molecular flexibility index (Phi) is 10.9. The van der Waals surface area contributed by atoms with Crippen LogP contribution in [-0.2, 0) is 12.8 Å². The topological polar surface area (TPSA) is 144 Å². The number of urea groups is 1. The van der Waals surface area contributed by atoms with Crippen LogP contribution in [0.25, 0.3) is 10.9 Å². The summed E-state index contributed by atoms with van der Waals surface area (Å²) in [6.07, 6.45) is 1.58. The monoisotopic (exact) mass is 623 g/mol. The number of benzene rings is 4. The summed E-state index contributed by atoms with van der Waals surface area (Å²) in [4.78, 5) is 16.9. The number of aromatic hydroxyl groups is 4. The molecule has 0 aliphatic rings. The number of phenols is 4. The first-order chi connectivity index (χ1) is 21.9. The van der Waals surface area contributed by atoms with Crippen molar-refractivity contribution in [2.24, 2.45) is 11.8 Å². The number of ether oxygens (including phenoxy) is 1. The van der Waals surface area contributed by atoms with Gasteiger partial charge in [-0.15, -0.1) is 0 Å². The van der Waals surface area contributed by atoms with E-state index in [-0.39, 0.29) is 29.0 Å². The normalized spacial score (nSPS) is 12.0. The molecule has 6 N–H and O–H groups in total. The van der Waals surface area contributed by atoms with Gasteiger partial charge in [0.05, 0.1) is 24.0 Å². The van der Waals surface area contributed by atoms with Crippen molar-refractivity contribution in [3.8, 4) is 28.7 Å². The van der Waals surface area contributed by atoms with E-state index in [9.17, 15) is 25.2 Å². The largest absolute Gasteiger partial charge is 0.504 e. The zero-order chi connectivity index (χ0) is 33.4. The van der Waals surface area contributed by atoms with Crippen LogP contribution in [0.1, 0.15) is 36.2 Å². The summed E-state index contributed by atoms with van der Waals surface area (Å²) in [5.74, 6) is 0.931. The number of phenolic OH excluding ortho intramolecular Hbond substituents is 4. The summed E-state index contributed by atoms with van der Waals surface area (Å²) >= 11 is 0. The Morgan fingerprint density at radius 1 is 0.717 bits per heavy atom. The highest BCUT2D eigenvalue weighted by atomic mass is 16.5. The quantitative estimate of drug-likeness (QED) is 0.0959. The number of carbonyl (C=O) groups is 1. The summed E-state index contributed by atoms with van der Waals surface area (Å²) in [6, 6.07) is 24.7. The zero-order valence-corrected chi connectivity index (χ0v) is 26.7. The van der Waals surface area contributed by atoms with Gasteiger partial charge in [0, 0.05) is 11.1 Å². The first-order valence-electron chi connectivity index (χ1n) is 15.0. The van der Waals surface area contributed by atoms with Crippen molar-refractivity contribution in [2.45, 2.75) is 40.5 Å². The third-order valence-corrected chi connectivity index (χ3v) is 7.86. The Hall–Kier alpha value is -5.44. The summed E-state index contributed by atoms with van der Waals surface area (Å²) < 4.78 is 5.29. The van der Waals surface area contributed by atoms with Crippen molar-refractivity contribution in [2.75, 3.05) is 17.7 Å². The SMILES string of the molecule is CC(Cc1ccc(O)c(O)c1)C(C)Cc1ccc(O)c(O)c1.COc1ccc(C)cc1NC(=O)Nc1cc(C)nc2ccccc12. The second kappa shape index (κ2) is 15.0. The molecule has 0 aliphatic heterocycles. The van der Waals surface area contributed by atoms with Gasteiger partial charge in [-0.25, -0.2) is 4.79 Å². The van der Waals surface area contributed by atoms with E-state index in [4.69, 9.17) is 4.74 Å². The van der Waals surface area contributed by atoms with Gasteiger partial charge >= 0.3 is 6.03 Å². The number of amides is 2. The van der Waals surface area contributed by atoms with Crippen LogP contribution in [-0.4, -0.2) is 38.6 Å². The maximum atomic E-state index is 12.4. The molecule has 5 aromatic rings. The van der Waals surface area contributed by atoms with E-state index < -0.39 is 0 Å². The van der Waals surface area contributed by atoms with Crippen LogP contribution in [0.15, 0.2) is 84.9 Å². The lowest BCUT2D eigenvalue weighted by Crippen LogP contribution is -2.20. The number of hydrogen-bond donors (Lipinski definition) is 6. The Morgan fingerprint density at radius 3 is 1.85 bits per heavy atom. The van der Waals surface area contributed by atoms with Gasteiger partial charge in [0.2, 0.25) is 0 Å². The predicted octanol–water partition coefficient (Wildman–Crippen LogP) is 8.07. The Balaban J connectivity index is 0.000000210. The number of carbonyl (C=O) groups excluding carboxylic acids is 1. The molecule has 4 aromatic carbocycles. The highest BCUT2D eigenvalue weighted by molar-refractivity contribution is 6.06. The fraction of sp³-hybridized carbons (Fsp3) is 0.243. The van der Waals surface area contributed by atoms with Gasteiger partial charge in [-0.3, -0.25) is 4.98 Å². The van der Waals surface area contributed by atoms with Crippen molar-refractivity contribution >= 4 is 28.3 Å². The van der Waals surface area contributed by atoms with Gasteiger partial charge in [0.25, 0.3) is 0 Å². The molecule has 0 bridgehead atoms. The van der Waals surface area contributed by atoms with Crippen LogP contribution in [0.4, 0.5) is 16.2 Å². The standard InChI is InChI=1S/C19H19N3O2.C18H22O4/c1-12-8-9-18(24-3)17(10-12)22-19(23)21-16-11-13(2)20-15-7-5-4-6-14(15)16;1-11(7-13-3-5-15(19)17(21)9-13)12(2)8-14-4-6-16(20)18(22)10-14/h4-11H,1-3H3,(H2,20,21,22,23);3-6,9-12,19-22H,7-8H2,1-2H3. The van der Waals surface area contributed by atoms with Crippen molar-refractivity contribution < 1.29 is 30.0 Å². The average Bonchev–Trinajstić information content (AvgIpc) is 3.01. The lowest BCUT2D eigenvalue weighted by molar-refractivity contribution is 0.262. The highest BCUT2D eigenvalue weighted by Gasteiger charge is 2.16. The van der Waals surface area contributed by atoms with Crippen molar-refractivity contribution in [1.29, 1.82) is 0 Å². The number of rotatable bonds is 8. The van der Waals surface area contributed by atoms with E-state index in [1.165, 1.54) is 12.1 Å². The predicted molar refractivity (Wildman–Crippen MR) is 182 cm³/mol. The maximum Gasteiger partial charge on any atom is 0.323 e. The van der Waals surface area contributed by atoms with Crippen LogP contribution in [0.3, 0.4) is 0 Å². The maximum absolute atomic E-state index is 12.4.